The number of Topliss-reactive ketones (excluding diaryl/α,β-unsaturated/α-hetero) is 1. The predicted molar refractivity (Wildman–Crippen MR) is 67.9 cm³/mol. The van der Waals surface area contributed by atoms with Crippen molar-refractivity contribution in [3.05, 3.63) is 59.4 Å². The smallest absolute Gasteiger partial charge is 0.185 e. The van der Waals surface area contributed by atoms with Crippen LogP contribution in [0.15, 0.2) is 42.6 Å². The van der Waals surface area contributed by atoms with E-state index in [4.69, 9.17) is 5.73 Å². The molecule has 17 heavy (non-hydrogen) atoms. The molecule has 0 aliphatic carbocycles. The number of aryl methyl sites for hydroxylation is 1. The summed E-state index contributed by atoms with van der Waals surface area (Å²) in [6.45, 7) is 2.01. The fourth-order valence-electron chi connectivity index (χ4n) is 1.67. The normalized spacial score (nSPS) is 10.2. The Labute approximate surface area is 100 Å². The highest BCUT2D eigenvalue weighted by atomic mass is 16.1. The number of anilines is 1. The highest BCUT2D eigenvalue weighted by Gasteiger charge is 2.08. The molecule has 1 heterocycles. The van der Waals surface area contributed by atoms with Gasteiger partial charge < -0.3 is 5.73 Å². The minimum Gasteiger partial charge on any atom is -0.397 e. The van der Waals surface area contributed by atoms with Crippen LogP contribution in [0.5, 0.6) is 0 Å². The first-order valence-corrected chi connectivity index (χ1v) is 5.45. The number of hydrogen-bond acceptors (Lipinski definition) is 3. The Morgan fingerprint density at radius 1 is 1.29 bits per heavy atom. The molecular formula is C14H14N2O. The van der Waals surface area contributed by atoms with Gasteiger partial charge in [0.15, 0.2) is 5.78 Å². The van der Waals surface area contributed by atoms with Gasteiger partial charge in [0.25, 0.3) is 0 Å². The maximum Gasteiger partial charge on any atom is 0.185 e. The SMILES string of the molecule is Cc1cccc(CC(=O)c2ccc(N)cn2)c1. The summed E-state index contributed by atoms with van der Waals surface area (Å²) in [7, 11) is 0. The lowest BCUT2D eigenvalue weighted by atomic mass is 10.0. The Balaban J connectivity index is 2.14. The van der Waals surface area contributed by atoms with Gasteiger partial charge in [0.2, 0.25) is 0 Å². The van der Waals surface area contributed by atoms with Gasteiger partial charge in [-0.05, 0) is 24.6 Å². The molecule has 0 spiro atoms. The van der Waals surface area contributed by atoms with Crippen LogP contribution in [-0.4, -0.2) is 10.8 Å². The van der Waals surface area contributed by atoms with Crippen molar-refractivity contribution >= 4 is 11.5 Å². The molecule has 0 aliphatic rings. The maximum absolute atomic E-state index is 11.9. The number of nitrogen functional groups attached to an aromatic ring is 1. The molecule has 3 nitrogen and oxygen atoms in total. The number of nitrogens with zero attached hydrogens (tertiary/aromatic N) is 1. The van der Waals surface area contributed by atoms with Crippen molar-refractivity contribution in [2.24, 2.45) is 0 Å². The predicted octanol–water partition coefficient (Wildman–Crippen LogP) is 2.40. The minimum absolute atomic E-state index is 0.00981. The second-order valence-corrected chi connectivity index (χ2v) is 4.07. The van der Waals surface area contributed by atoms with Gasteiger partial charge in [0.1, 0.15) is 5.69 Å². The number of nitrogens with two attached hydrogens (primary N) is 1. The van der Waals surface area contributed by atoms with Crippen LogP contribution < -0.4 is 5.73 Å². The molecule has 2 N–H and O–H groups in total. The van der Waals surface area contributed by atoms with Crippen molar-refractivity contribution in [1.29, 1.82) is 0 Å². The standard InChI is InChI=1S/C14H14N2O/c1-10-3-2-4-11(7-10)8-14(17)13-6-5-12(15)9-16-13/h2-7,9H,8,15H2,1H3. The minimum atomic E-state index is 0.00981. The monoisotopic (exact) mass is 226 g/mol. The molecular weight excluding hydrogens is 212 g/mol. The molecule has 0 fully saturated rings. The summed E-state index contributed by atoms with van der Waals surface area (Å²) < 4.78 is 0. The summed E-state index contributed by atoms with van der Waals surface area (Å²) in [6.07, 6.45) is 1.88. The number of carbonyl (C=O) groups excluding carboxylic acids is 1. The average Bonchev–Trinajstić information content (AvgIpc) is 2.29. The quantitative estimate of drug-likeness (QED) is 0.817. The Kier molecular flexibility index (Phi) is 3.19. The Hall–Kier alpha value is -2.16. The number of carbonyl (C=O) groups is 1. The highest BCUT2D eigenvalue weighted by molar-refractivity contribution is 5.95. The molecule has 0 saturated carbocycles. The lowest BCUT2D eigenvalue weighted by Crippen LogP contribution is -2.06. The lowest BCUT2D eigenvalue weighted by Gasteiger charge is -2.02. The van der Waals surface area contributed by atoms with Crippen LogP contribution in [0.25, 0.3) is 0 Å². The first kappa shape index (κ1) is 11.3. The molecule has 0 radical (unpaired) electrons. The average molecular weight is 226 g/mol. The van der Waals surface area contributed by atoms with E-state index in [1.807, 2.05) is 31.2 Å². The first-order valence-electron chi connectivity index (χ1n) is 5.45. The van der Waals surface area contributed by atoms with Crippen molar-refractivity contribution in [3.63, 3.8) is 0 Å². The van der Waals surface area contributed by atoms with E-state index < -0.39 is 0 Å². The van der Waals surface area contributed by atoms with Crippen molar-refractivity contribution in [2.45, 2.75) is 13.3 Å². The van der Waals surface area contributed by atoms with Gasteiger partial charge in [-0.2, -0.15) is 0 Å². The van der Waals surface area contributed by atoms with Gasteiger partial charge in [-0.15, -0.1) is 0 Å². The zero-order valence-corrected chi connectivity index (χ0v) is 9.68. The van der Waals surface area contributed by atoms with Crippen molar-refractivity contribution in [3.8, 4) is 0 Å². The third-order valence-corrected chi connectivity index (χ3v) is 2.52. The van der Waals surface area contributed by atoms with Crippen molar-refractivity contribution in [2.75, 3.05) is 5.73 Å². The molecule has 86 valence electrons. The van der Waals surface area contributed by atoms with Gasteiger partial charge in [-0.25, -0.2) is 0 Å². The van der Waals surface area contributed by atoms with E-state index in [1.54, 1.807) is 12.1 Å². The Morgan fingerprint density at radius 2 is 2.12 bits per heavy atom. The van der Waals surface area contributed by atoms with Crippen LogP contribution in [-0.2, 0) is 6.42 Å². The van der Waals surface area contributed by atoms with Gasteiger partial charge in [-0.1, -0.05) is 29.8 Å². The van der Waals surface area contributed by atoms with Gasteiger partial charge in [-0.3, -0.25) is 9.78 Å². The van der Waals surface area contributed by atoms with Crippen LogP contribution in [0.1, 0.15) is 21.6 Å². The van der Waals surface area contributed by atoms with Crippen LogP contribution in [0, 0.1) is 6.92 Å². The van der Waals surface area contributed by atoms with Gasteiger partial charge >= 0.3 is 0 Å². The second kappa shape index (κ2) is 4.78. The summed E-state index contributed by atoms with van der Waals surface area (Å²) in [5, 5.41) is 0. The summed E-state index contributed by atoms with van der Waals surface area (Å²) in [4.78, 5) is 16.0. The number of hydrogen-bond donors (Lipinski definition) is 1. The fourth-order valence-corrected chi connectivity index (χ4v) is 1.67. The highest BCUT2D eigenvalue weighted by Crippen LogP contribution is 2.09. The van der Waals surface area contributed by atoms with E-state index in [0.29, 0.717) is 17.8 Å². The second-order valence-electron chi connectivity index (χ2n) is 4.07. The zero-order valence-electron chi connectivity index (χ0n) is 9.68. The lowest BCUT2D eigenvalue weighted by molar-refractivity contribution is 0.0988. The van der Waals surface area contributed by atoms with E-state index in [0.717, 1.165) is 11.1 Å². The van der Waals surface area contributed by atoms with E-state index in [2.05, 4.69) is 4.98 Å². The molecule has 1 aromatic carbocycles. The molecule has 3 heteroatoms. The number of aromatic nitrogens is 1. The zero-order chi connectivity index (χ0) is 12.3. The largest absolute Gasteiger partial charge is 0.397 e. The summed E-state index contributed by atoms with van der Waals surface area (Å²) in [6, 6.07) is 11.3. The Morgan fingerprint density at radius 3 is 2.76 bits per heavy atom. The molecule has 2 aromatic rings. The van der Waals surface area contributed by atoms with E-state index >= 15 is 0 Å². The van der Waals surface area contributed by atoms with E-state index in [-0.39, 0.29) is 5.78 Å². The molecule has 2 rings (SSSR count). The molecule has 0 aliphatic heterocycles. The van der Waals surface area contributed by atoms with Crippen LogP contribution >= 0.6 is 0 Å². The summed E-state index contributed by atoms with van der Waals surface area (Å²) in [5.41, 5.74) is 8.71. The van der Waals surface area contributed by atoms with Gasteiger partial charge in [0.05, 0.1) is 11.9 Å². The van der Waals surface area contributed by atoms with E-state index in [9.17, 15) is 4.79 Å². The third-order valence-electron chi connectivity index (χ3n) is 2.52. The number of rotatable bonds is 3. The fraction of sp³-hybridized carbons (Fsp3) is 0.143. The molecule has 0 unspecified atom stereocenters. The van der Waals surface area contributed by atoms with Gasteiger partial charge in [0, 0.05) is 6.42 Å². The van der Waals surface area contributed by atoms with Crippen LogP contribution in [0.4, 0.5) is 5.69 Å². The molecule has 0 atom stereocenters. The number of benzene rings is 1. The number of ketones is 1. The molecule has 0 saturated heterocycles. The van der Waals surface area contributed by atoms with Crippen molar-refractivity contribution in [1.82, 2.24) is 4.98 Å². The Bertz CT molecular complexity index is 532. The van der Waals surface area contributed by atoms with Crippen LogP contribution in [0.2, 0.25) is 0 Å². The maximum atomic E-state index is 11.9. The topological polar surface area (TPSA) is 56.0 Å². The van der Waals surface area contributed by atoms with E-state index in [1.165, 1.54) is 6.20 Å². The third kappa shape index (κ3) is 2.91. The van der Waals surface area contributed by atoms with Crippen LogP contribution in [0.3, 0.4) is 0 Å². The number of pyridine rings is 1. The molecule has 0 amide bonds. The first-order chi connectivity index (χ1) is 8.15. The molecule has 0 bridgehead atoms. The molecule has 1 aromatic heterocycles. The van der Waals surface area contributed by atoms with Crippen molar-refractivity contribution < 1.29 is 4.79 Å². The summed E-state index contributed by atoms with van der Waals surface area (Å²) >= 11 is 0. The summed E-state index contributed by atoms with van der Waals surface area (Å²) in [5.74, 6) is 0.00981.